The normalized spacial score (nSPS) is 16.1. The number of hydrogen-bond acceptors (Lipinski definition) is 7. The number of thiazole rings is 1. The van der Waals surface area contributed by atoms with Gasteiger partial charge >= 0.3 is 0 Å². The predicted molar refractivity (Wildman–Crippen MR) is 143 cm³/mol. The van der Waals surface area contributed by atoms with Crippen LogP contribution in [-0.2, 0) is 14.8 Å². The first-order valence-electron chi connectivity index (χ1n) is 12.4. The van der Waals surface area contributed by atoms with Gasteiger partial charge in [-0.25, -0.2) is 13.4 Å². The summed E-state index contributed by atoms with van der Waals surface area (Å²) in [5, 5.41) is 0.559. The lowest BCUT2D eigenvalue weighted by Gasteiger charge is -2.23. The lowest BCUT2D eigenvalue weighted by molar-refractivity contribution is 0.0917. The van der Waals surface area contributed by atoms with E-state index >= 15 is 0 Å². The van der Waals surface area contributed by atoms with Gasteiger partial charge in [-0.1, -0.05) is 31.3 Å². The monoisotopic (exact) mass is 531 g/mol. The third-order valence-corrected chi connectivity index (χ3v) is 9.12. The molecule has 1 atom stereocenters. The van der Waals surface area contributed by atoms with E-state index in [1.807, 2.05) is 32.0 Å². The third kappa shape index (κ3) is 5.56. The average Bonchev–Trinajstić information content (AvgIpc) is 3.56. The van der Waals surface area contributed by atoms with Gasteiger partial charge in [0.25, 0.3) is 5.91 Å². The Kier molecular flexibility index (Phi) is 8.61. The van der Waals surface area contributed by atoms with Crippen molar-refractivity contribution in [2.45, 2.75) is 50.5 Å². The zero-order chi connectivity index (χ0) is 25.7. The summed E-state index contributed by atoms with van der Waals surface area (Å²) in [4.78, 5) is 20.3. The van der Waals surface area contributed by atoms with Crippen molar-refractivity contribution in [3.8, 4) is 5.75 Å². The maximum absolute atomic E-state index is 13.7. The Hall–Kier alpha value is -2.53. The fourth-order valence-electron chi connectivity index (χ4n) is 4.36. The quantitative estimate of drug-likeness (QED) is 0.348. The van der Waals surface area contributed by atoms with Gasteiger partial charge in [0.15, 0.2) is 5.13 Å². The number of aromatic nitrogens is 1. The summed E-state index contributed by atoms with van der Waals surface area (Å²) in [6, 6.07) is 11.9. The summed E-state index contributed by atoms with van der Waals surface area (Å²) in [5.41, 5.74) is 1.11. The molecule has 1 unspecified atom stereocenters. The molecular weight excluding hydrogens is 498 g/mol. The van der Waals surface area contributed by atoms with Gasteiger partial charge in [-0.05, 0) is 62.1 Å². The Labute approximate surface area is 216 Å². The minimum atomic E-state index is -3.62. The second-order valence-electron chi connectivity index (χ2n) is 8.78. The molecule has 3 aromatic rings. The number of hydrogen-bond donors (Lipinski definition) is 0. The Morgan fingerprint density at radius 3 is 2.47 bits per heavy atom. The number of nitrogens with zero attached hydrogens (tertiary/aromatic N) is 3. The van der Waals surface area contributed by atoms with Crippen LogP contribution >= 0.6 is 11.3 Å². The van der Waals surface area contributed by atoms with E-state index in [2.05, 4.69) is 0 Å². The predicted octanol–water partition coefficient (Wildman–Crippen LogP) is 4.94. The van der Waals surface area contributed by atoms with Crippen LogP contribution in [0.15, 0.2) is 47.4 Å². The summed E-state index contributed by atoms with van der Waals surface area (Å²) in [6.45, 7) is 5.90. The minimum absolute atomic E-state index is 0.0702. The van der Waals surface area contributed by atoms with Crippen molar-refractivity contribution >= 4 is 42.6 Å². The number of rotatable bonds is 11. The van der Waals surface area contributed by atoms with E-state index < -0.39 is 10.0 Å². The number of amides is 1. The molecule has 0 aliphatic carbocycles. The molecule has 8 nitrogen and oxygen atoms in total. The highest BCUT2D eigenvalue weighted by atomic mass is 32.2. The molecule has 1 aliphatic rings. The van der Waals surface area contributed by atoms with Crippen LogP contribution in [-0.4, -0.2) is 63.1 Å². The standard InChI is InChI=1S/C26H33N3O5S2/c1-4-15-28(16-5-2)36(31,32)21-13-11-19(12-14-21)25(30)29(18-20-8-7-17-34-20)26-27-24-22(33-3)9-6-10-23(24)35-26/h6,9-14,20H,4-5,7-8,15-18H2,1-3H3. The van der Waals surface area contributed by atoms with Gasteiger partial charge in [0.05, 0.1) is 29.4 Å². The molecule has 2 aromatic carbocycles. The fraction of sp³-hybridized carbons (Fsp3) is 0.462. The Morgan fingerprint density at radius 2 is 1.86 bits per heavy atom. The first-order chi connectivity index (χ1) is 17.4. The molecule has 1 aromatic heterocycles. The molecule has 0 spiro atoms. The van der Waals surface area contributed by atoms with Crippen molar-refractivity contribution in [1.82, 2.24) is 9.29 Å². The van der Waals surface area contributed by atoms with Gasteiger partial charge in [0.1, 0.15) is 11.3 Å². The van der Waals surface area contributed by atoms with E-state index in [1.54, 1.807) is 24.1 Å². The number of benzene rings is 2. The smallest absolute Gasteiger partial charge is 0.260 e. The van der Waals surface area contributed by atoms with Crippen molar-refractivity contribution in [2.75, 3.05) is 38.3 Å². The average molecular weight is 532 g/mol. The molecule has 0 saturated carbocycles. The second kappa shape index (κ2) is 11.7. The van der Waals surface area contributed by atoms with Gasteiger partial charge in [0.2, 0.25) is 10.0 Å². The largest absolute Gasteiger partial charge is 0.494 e. The van der Waals surface area contributed by atoms with Crippen LogP contribution in [0.2, 0.25) is 0 Å². The number of carbonyl (C=O) groups is 1. The van der Waals surface area contributed by atoms with Crippen molar-refractivity contribution in [3.63, 3.8) is 0 Å². The van der Waals surface area contributed by atoms with Crippen LogP contribution in [0.3, 0.4) is 0 Å². The van der Waals surface area contributed by atoms with Gasteiger partial charge in [-0.2, -0.15) is 4.31 Å². The molecule has 0 bridgehead atoms. The number of sulfonamides is 1. The molecule has 10 heteroatoms. The first kappa shape index (κ1) is 26.5. The molecule has 2 heterocycles. The van der Waals surface area contributed by atoms with Crippen LogP contribution in [0, 0.1) is 0 Å². The van der Waals surface area contributed by atoms with Gasteiger partial charge < -0.3 is 9.47 Å². The minimum Gasteiger partial charge on any atom is -0.494 e. The van der Waals surface area contributed by atoms with E-state index in [1.165, 1.54) is 27.8 Å². The second-order valence-corrected chi connectivity index (χ2v) is 11.7. The summed E-state index contributed by atoms with van der Waals surface area (Å²) in [7, 11) is -2.02. The number of anilines is 1. The molecule has 1 saturated heterocycles. The van der Waals surface area contributed by atoms with Crippen molar-refractivity contribution in [3.05, 3.63) is 48.0 Å². The zero-order valence-electron chi connectivity index (χ0n) is 21.0. The fourth-order valence-corrected chi connectivity index (χ4v) is 6.97. The SMILES string of the molecule is CCCN(CCC)S(=O)(=O)c1ccc(C(=O)N(CC2CCCO2)c2nc3c(OC)cccc3s2)cc1. The zero-order valence-corrected chi connectivity index (χ0v) is 22.6. The van der Waals surface area contributed by atoms with Crippen LogP contribution in [0.1, 0.15) is 49.9 Å². The summed E-state index contributed by atoms with van der Waals surface area (Å²) < 4.78 is 40.0. The lowest BCUT2D eigenvalue weighted by atomic mass is 10.2. The van der Waals surface area contributed by atoms with E-state index in [0.717, 1.165) is 30.4 Å². The van der Waals surface area contributed by atoms with E-state index in [-0.39, 0.29) is 16.9 Å². The Bertz CT molecular complexity index is 1280. The molecule has 194 valence electrons. The van der Waals surface area contributed by atoms with Gasteiger partial charge in [0, 0.05) is 25.3 Å². The number of ether oxygens (including phenoxy) is 2. The van der Waals surface area contributed by atoms with Crippen LogP contribution < -0.4 is 9.64 Å². The molecular formula is C26H33N3O5S2. The highest BCUT2D eigenvalue weighted by Gasteiger charge is 2.28. The summed E-state index contributed by atoms with van der Waals surface area (Å²) in [5.74, 6) is 0.407. The molecule has 1 aliphatic heterocycles. The highest BCUT2D eigenvalue weighted by Crippen LogP contribution is 2.35. The van der Waals surface area contributed by atoms with Crippen molar-refractivity contribution in [2.24, 2.45) is 0 Å². The number of fused-ring (bicyclic) bond motifs is 1. The van der Waals surface area contributed by atoms with E-state index in [0.29, 0.717) is 48.2 Å². The number of methoxy groups -OCH3 is 1. The molecule has 36 heavy (non-hydrogen) atoms. The maximum atomic E-state index is 13.7. The maximum Gasteiger partial charge on any atom is 0.260 e. The lowest BCUT2D eigenvalue weighted by Crippen LogP contribution is -2.37. The van der Waals surface area contributed by atoms with Gasteiger partial charge in [-0.3, -0.25) is 9.69 Å². The molecule has 1 fully saturated rings. The topological polar surface area (TPSA) is 89.0 Å². The number of para-hydroxylation sites is 1. The van der Waals surface area contributed by atoms with Crippen LogP contribution in [0.25, 0.3) is 10.2 Å². The Morgan fingerprint density at radius 1 is 1.14 bits per heavy atom. The van der Waals surface area contributed by atoms with Crippen molar-refractivity contribution in [1.29, 1.82) is 0 Å². The number of carbonyl (C=O) groups excluding carboxylic acids is 1. The third-order valence-electron chi connectivity index (χ3n) is 6.16. The molecule has 4 rings (SSSR count). The van der Waals surface area contributed by atoms with E-state index in [4.69, 9.17) is 14.5 Å². The van der Waals surface area contributed by atoms with Gasteiger partial charge in [-0.15, -0.1) is 0 Å². The summed E-state index contributed by atoms with van der Waals surface area (Å²) >= 11 is 1.42. The Balaban J connectivity index is 1.65. The molecule has 1 amide bonds. The molecule has 0 N–H and O–H groups in total. The van der Waals surface area contributed by atoms with Crippen LogP contribution in [0.4, 0.5) is 5.13 Å². The molecule has 0 radical (unpaired) electrons. The van der Waals surface area contributed by atoms with Crippen molar-refractivity contribution < 1.29 is 22.7 Å². The van der Waals surface area contributed by atoms with E-state index in [9.17, 15) is 13.2 Å². The van der Waals surface area contributed by atoms with Crippen LogP contribution in [0.5, 0.6) is 5.75 Å². The highest BCUT2D eigenvalue weighted by molar-refractivity contribution is 7.89. The summed E-state index contributed by atoms with van der Waals surface area (Å²) in [6.07, 6.45) is 3.24. The first-order valence-corrected chi connectivity index (χ1v) is 14.6.